The van der Waals surface area contributed by atoms with Crippen molar-refractivity contribution < 1.29 is 19.1 Å². The van der Waals surface area contributed by atoms with E-state index in [4.69, 9.17) is 21.1 Å². The SMILES string of the molecule is COc1cc(OC)c(NC(=O)N(S)c2ccc(NC(C)=O)cc2C)cc1Cl. The smallest absolute Gasteiger partial charge is 0.336 e. The van der Waals surface area contributed by atoms with Crippen LogP contribution in [-0.2, 0) is 4.79 Å². The fourth-order valence-electron chi connectivity index (χ4n) is 2.41. The lowest BCUT2D eigenvalue weighted by Gasteiger charge is -2.20. The molecular formula is C18H20ClN3O4S. The molecule has 2 N–H and O–H groups in total. The van der Waals surface area contributed by atoms with Crippen LogP contribution in [0.1, 0.15) is 12.5 Å². The van der Waals surface area contributed by atoms with Gasteiger partial charge in [-0.1, -0.05) is 24.4 Å². The van der Waals surface area contributed by atoms with Crippen LogP contribution in [0.25, 0.3) is 0 Å². The molecule has 0 heterocycles. The van der Waals surface area contributed by atoms with Crippen molar-refractivity contribution in [3.8, 4) is 11.5 Å². The lowest BCUT2D eigenvalue weighted by Crippen LogP contribution is -2.27. The number of benzene rings is 2. The van der Waals surface area contributed by atoms with Gasteiger partial charge in [-0.3, -0.25) is 4.79 Å². The third kappa shape index (κ3) is 4.99. The number of rotatable bonds is 5. The zero-order valence-electron chi connectivity index (χ0n) is 15.3. The summed E-state index contributed by atoms with van der Waals surface area (Å²) in [4.78, 5) is 23.8. The van der Waals surface area contributed by atoms with Crippen molar-refractivity contribution in [1.29, 1.82) is 0 Å². The van der Waals surface area contributed by atoms with Gasteiger partial charge in [0.1, 0.15) is 11.5 Å². The molecule has 2 aromatic carbocycles. The Morgan fingerprint density at radius 3 is 2.30 bits per heavy atom. The lowest BCUT2D eigenvalue weighted by molar-refractivity contribution is -0.114. The second-order valence-corrected chi connectivity index (χ2v) is 6.42. The Kier molecular flexibility index (Phi) is 6.81. The summed E-state index contributed by atoms with van der Waals surface area (Å²) in [5.41, 5.74) is 2.32. The van der Waals surface area contributed by atoms with Gasteiger partial charge in [0.15, 0.2) is 0 Å². The molecule has 0 bridgehead atoms. The van der Waals surface area contributed by atoms with Crippen LogP contribution >= 0.6 is 24.4 Å². The van der Waals surface area contributed by atoms with E-state index >= 15 is 0 Å². The van der Waals surface area contributed by atoms with Crippen molar-refractivity contribution in [2.45, 2.75) is 13.8 Å². The minimum Gasteiger partial charge on any atom is -0.495 e. The molecule has 27 heavy (non-hydrogen) atoms. The molecule has 0 saturated heterocycles. The van der Waals surface area contributed by atoms with Gasteiger partial charge in [-0.2, -0.15) is 0 Å². The molecule has 0 aliphatic carbocycles. The Morgan fingerprint density at radius 2 is 1.74 bits per heavy atom. The second kappa shape index (κ2) is 8.88. The van der Waals surface area contributed by atoms with Crippen LogP contribution in [0.4, 0.5) is 21.9 Å². The van der Waals surface area contributed by atoms with Crippen LogP contribution in [0.3, 0.4) is 0 Å². The maximum Gasteiger partial charge on any atom is 0.336 e. The molecule has 7 nitrogen and oxygen atoms in total. The van der Waals surface area contributed by atoms with E-state index in [1.54, 1.807) is 24.3 Å². The summed E-state index contributed by atoms with van der Waals surface area (Å²) in [6, 6.07) is 7.72. The molecule has 0 aromatic heterocycles. The Bertz CT molecular complexity index is 876. The second-order valence-electron chi connectivity index (χ2n) is 5.61. The maximum atomic E-state index is 12.6. The highest BCUT2D eigenvalue weighted by atomic mass is 35.5. The Labute approximate surface area is 168 Å². The molecule has 0 saturated carbocycles. The highest BCUT2D eigenvalue weighted by molar-refractivity contribution is 7.82. The molecule has 144 valence electrons. The number of halogens is 1. The number of methoxy groups -OCH3 is 2. The monoisotopic (exact) mass is 409 g/mol. The lowest BCUT2D eigenvalue weighted by atomic mass is 10.1. The number of carbonyl (C=O) groups excluding carboxylic acids is 2. The van der Waals surface area contributed by atoms with Crippen molar-refractivity contribution in [2.24, 2.45) is 0 Å². The zero-order chi connectivity index (χ0) is 20.1. The largest absolute Gasteiger partial charge is 0.495 e. The average molecular weight is 410 g/mol. The molecule has 0 radical (unpaired) electrons. The van der Waals surface area contributed by atoms with E-state index in [9.17, 15) is 9.59 Å². The van der Waals surface area contributed by atoms with Crippen LogP contribution < -0.4 is 24.4 Å². The van der Waals surface area contributed by atoms with Gasteiger partial charge in [0.05, 0.1) is 30.6 Å². The Hall–Kier alpha value is -2.58. The summed E-state index contributed by atoms with van der Waals surface area (Å²) in [5.74, 6) is 0.647. The number of thiol groups is 1. The molecule has 3 amide bonds. The number of hydrogen-bond donors (Lipinski definition) is 3. The highest BCUT2D eigenvalue weighted by Gasteiger charge is 2.18. The average Bonchev–Trinajstić information content (AvgIpc) is 2.61. The van der Waals surface area contributed by atoms with Gasteiger partial charge >= 0.3 is 6.03 Å². The molecule has 0 aliphatic heterocycles. The number of carbonyl (C=O) groups is 2. The van der Waals surface area contributed by atoms with Crippen LogP contribution in [0.15, 0.2) is 30.3 Å². The number of hydrogen-bond acceptors (Lipinski definition) is 5. The summed E-state index contributed by atoms with van der Waals surface area (Å²) in [7, 11) is 2.96. The van der Waals surface area contributed by atoms with Gasteiger partial charge in [0.25, 0.3) is 0 Å². The van der Waals surface area contributed by atoms with Gasteiger partial charge < -0.3 is 20.1 Å². The standard InChI is InChI=1S/C18H20ClN3O4S/c1-10-7-12(20-11(2)23)5-6-15(10)22(27)18(24)21-14-8-13(19)16(25-3)9-17(14)26-4/h5-9,27H,1-4H3,(H,20,23)(H,21,24). The predicted octanol–water partition coefficient (Wildman–Crippen LogP) is 4.51. The first-order chi connectivity index (χ1) is 12.8. The summed E-state index contributed by atoms with van der Waals surface area (Å²) in [6.45, 7) is 3.23. The topological polar surface area (TPSA) is 79.9 Å². The predicted molar refractivity (Wildman–Crippen MR) is 111 cm³/mol. The Balaban J connectivity index is 2.23. The van der Waals surface area contributed by atoms with E-state index in [0.717, 1.165) is 9.87 Å². The van der Waals surface area contributed by atoms with E-state index in [2.05, 4.69) is 23.4 Å². The third-order valence-electron chi connectivity index (χ3n) is 3.65. The number of aryl methyl sites for hydroxylation is 1. The maximum absolute atomic E-state index is 12.6. The summed E-state index contributed by atoms with van der Waals surface area (Å²) in [5, 5.41) is 5.72. The molecule has 2 aromatic rings. The van der Waals surface area contributed by atoms with Crippen molar-refractivity contribution in [3.63, 3.8) is 0 Å². The molecule has 0 atom stereocenters. The normalized spacial score (nSPS) is 10.1. The van der Waals surface area contributed by atoms with E-state index in [-0.39, 0.29) is 5.91 Å². The van der Waals surface area contributed by atoms with E-state index in [1.807, 2.05) is 6.92 Å². The number of ether oxygens (including phenoxy) is 2. The van der Waals surface area contributed by atoms with Crippen molar-refractivity contribution in [1.82, 2.24) is 0 Å². The van der Waals surface area contributed by atoms with Crippen molar-refractivity contribution in [3.05, 3.63) is 40.9 Å². The minimum absolute atomic E-state index is 0.175. The van der Waals surface area contributed by atoms with Gasteiger partial charge in [0, 0.05) is 18.7 Å². The van der Waals surface area contributed by atoms with Gasteiger partial charge in [-0.15, -0.1) is 0 Å². The highest BCUT2D eigenvalue weighted by Crippen LogP contribution is 2.36. The number of nitrogens with zero attached hydrogens (tertiary/aromatic N) is 1. The number of amides is 3. The quantitative estimate of drug-likeness (QED) is 0.635. The molecule has 2 rings (SSSR count). The third-order valence-corrected chi connectivity index (χ3v) is 4.35. The summed E-state index contributed by atoms with van der Waals surface area (Å²) in [6.07, 6.45) is 0. The zero-order valence-corrected chi connectivity index (χ0v) is 16.9. The van der Waals surface area contributed by atoms with E-state index in [1.165, 1.54) is 27.2 Å². The van der Waals surface area contributed by atoms with Crippen LogP contribution in [0.2, 0.25) is 5.02 Å². The minimum atomic E-state index is -0.506. The molecule has 9 heteroatoms. The number of anilines is 3. The van der Waals surface area contributed by atoms with Crippen LogP contribution in [0, 0.1) is 6.92 Å². The fourth-order valence-corrected chi connectivity index (χ4v) is 2.92. The van der Waals surface area contributed by atoms with Crippen LogP contribution in [-0.4, -0.2) is 26.2 Å². The number of nitrogens with one attached hydrogen (secondary N) is 2. The fraction of sp³-hybridized carbons (Fsp3) is 0.222. The molecule has 0 fully saturated rings. The van der Waals surface area contributed by atoms with Gasteiger partial charge in [-0.05, 0) is 36.8 Å². The summed E-state index contributed by atoms with van der Waals surface area (Å²) >= 11 is 10.4. The molecule has 0 spiro atoms. The van der Waals surface area contributed by atoms with E-state index < -0.39 is 6.03 Å². The first-order valence-corrected chi connectivity index (χ1v) is 8.64. The van der Waals surface area contributed by atoms with Gasteiger partial charge in [-0.25, -0.2) is 9.10 Å². The summed E-state index contributed by atoms with van der Waals surface area (Å²) < 4.78 is 11.6. The number of urea groups is 1. The van der Waals surface area contributed by atoms with Crippen molar-refractivity contribution in [2.75, 3.05) is 29.2 Å². The van der Waals surface area contributed by atoms with Crippen LogP contribution in [0.5, 0.6) is 11.5 Å². The van der Waals surface area contributed by atoms with E-state index in [0.29, 0.717) is 33.6 Å². The molecular weight excluding hydrogens is 390 g/mol. The first kappa shape index (κ1) is 20.7. The Morgan fingerprint density at radius 1 is 1.07 bits per heavy atom. The first-order valence-electron chi connectivity index (χ1n) is 7.86. The van der Waals surface area contributed by atoms with Crippen molar-refractivity contribution >= 4 is 53.4 Å². The van der Waals surface area contributed by atoms with Gasteiger partial charge in [0.2, 0.25) is 5.91 Å². The molecule has 0 unspecified atom stereocenters. The molecule has 0 aliphatic rings.